The lowest BCUT2D eigenvalue weighted by Gasteiger charge is -2.14. The molecular weight excluding hydrogens is 358 g/mol. The highest BCUT2D eigenvalue weighted by atomic mass is 32.2. The van der Waals surface area contributed by atoms with Gasteiger partial charge in [0.05, 0.1) is 5.52 Å². The van der Waals surface area contributed by atoms with E-state index in [4.69, 9.17) is 0 Å². The summed E-state index contributed by atoms with van der Waals surface area (Å²) in [4.78, 5) is 15.2. The van der Waals surface area contributed by atoms with Gasteiger partial charge in [-0.2, -0.15) is 9.23 Å². The smallest absolute Gasteiger partial charge is 0.225 e. The van der Waals surface area contributed by atoms with Gasteiger partial charge in [-0.3, -0.25) is 4.79 Å². The fraction of sp³-hybridized carbons (Fsp3) is 0.143. The number of rotatable bonds is 5. The fourth-order valence-corrected chi connectivity index (χ4v) is 4.00. The van der Waals surface area contributed by atoms with Gasteiger partial charge >= 0.3 is 0 Å². The Morgan fingerprint density at radius 2 is 1.85 bits per heavy atom. The molecule has 0 aliphatic carbocycles. The van der Waals surface area contributed by atoms with Crippen molar-refractivity contribution in [3.8, 4) is 6.07 Å². The van der Waals surface area contributed by atoms with E-state index in [1.807, 2.05) is 49.4 Å². The Balaban J connectivity index is 2.19. The molecule has 6 heteroatoms. The van der Waals surface area contributed by atoms with E-state index >= 15 is 0 Å². The zero-order chi connectivity index (χ0) is 19.6. The largest absolute Gasteiger partial charge is 0.587 e. The molecule has 5 nitrogen and oxygen atoms in total. The molecular formula is C21H19N3O2S. The van der Waals surface area contributed by atoms with Crippen LogP contribution >= 0.6 is 0 Å². The fourth-order valence-electron chi connectivity index (χ4n) is 2.76. The van der Waals surface area contributed by atoms with Gasteiger partial charge in [0.1, 0.15) is 28.7 Å². The highest BCUT2D eigenvalue weighted by molar-refractivity contribution is 7.90. The maximum absolute atomic E-state index is 13.3. The predicted molar refractivity (Wildman–Crippen MR) is 107 cm³/mol. The van der Waals surface area contributed by atoms with Crippen molar-refractivity contribution in [2.45, 2.75) is 11.8 Å². The van der Waals surface area contributed by atoms with Gasteiger partial charge < -0.3 is 9.45 Å². The number of aryl methyl sites for hydroxylation is 1. The standard InChI is InChI=1S/C21H19N3O2S/c1-15-8-10-18(11-9-15)27(26)24-19-7-5-4-6-16(19)12-20(24)21(25)17(13-22)14-23(2)3/h4-12,14H,1-3H3/b17-14+. The minimum atomic E-state index is -1.62. The van der Waals surface area contributed by atoms with Gasteiger partial charge in [0, 0.05) is 25.7 Å². The molecule has 1 heterocycles. The van der Waals surface area contributed by atoms with E-state index in [2.05, 4.69) is 0 Å². The Morgan fingerprint density at radius 3 is 2.48 bits per heavy atom. The molecule has 0 amide bonds. The maximum atomic E-state index is 13.3. The molecule has 1 unspecified atom stereocenters. The average Bonchev–Trinajstić information content (AvgIpc) is 3.05. The highest BCUT2D eigenvalue weighted by Crippen LogP contribution is 2.27. The van der Waals surface area contributed by atoms with Crippen LogP contribution in [0, 0.1) is 18.3 Å². The molecule has 0 N–H and O–H groups in total. The first-order valence-corrected chi connectivity index (χ1v) is 9.45. The average molecular weight is 377 g/mol. The van der Waals surface area contributed by atoms with E-state index in [0.717, 1.165) is 10.9 Å². The SMILES string of the molecule is Cc1ccc([S+]([O-])n2c(C(=O)/C(C#N)=C/N(C)C)cc3ccccc32)cc1. The zero-order valence-electron chi connectivity index (χ0n) is 15.3. The third-order valence-electron chi connectivity index (χ3n) is 4.04. The van der Waals surface area contributed by atoms with Crippen LogP contribution in [0.1, 0.15) is 16.1 Å². The van der Waals surface area contributed by atoms with Crippen molar-refractivity contribution in [2.24, 2.45) is 0 Å². The van der Waals surface area contributed by atoms with Crippen LogP contribution < -0.4 is 0 Å². The number of nitrogens with zero attached hydrogens (tertiary/aromatic N) is 3. The molecule has 136 valence electrons. The lowest BCUT2D eigenvalue weighted by Crippen LogP contribution is -2.20. The van der Waals surface area contributed by atoms with E-state index in [9.17, 15) is 14.6 Å². The van der Waals surface area contributed by atoms with E-state index in [-0.39, 0.29) is 11.3 Å². The number of Topliss-reactive ketones (excluding diaryl/α,β-unsaturated/α-hetero) is 1. The van der Waals surface area contributed by atoms with Crippen LogP contribution in [0.15, 0.2) is 71.3 Å². The summed E-state index contributed by atoms with van der Waals surface area (Å²) in [6.45, 7) is 1.96. The second-order valence-corrected chi connectivity index (χ2v) is 7.73. The quantitative estimate of drug-likeness (QED) is 0.294. The molecule has 0 spiro atoms. The van der Waals surface area contributed by atoms with E-state index < -0.39 is 17.1 Å². The molecule has 0 saturated carbocycles. The van der Waals surface area contributed by atoms with Crippen LogP contribution in [-0.4, -0.2) is 33.3 Å². The molecule has 0 saturated heterocycles. The Morgan fingerprint density at radius 1 is 1.19 bits per heavy atom. The number of benzene rings is 2. The Hall–Kier alpha value is -3.01. The summed E-state index contributed by atoms with van der Waals surface area (Å²) in [7, 11) is 3.48. The first-order chi connectivity index (χ1) is 12.9. The van der Waals surface area contributed by atoms with Crippen LogP contribution in [0.25, 0.3) is 10.9 Å². The third kappa shape index (κ3) is 3.75. The summed E-state index contributed by atoms with van der Waals surface area (Å²) in [6, 6.07) is 18.3. The first kappa shape index (κ1) is 18.8. The second kappa shape index (κ2) is 7.70. The molecule has 2 aromatic carbocycles. The summed E-state index contributed by atoms with van der Waals surface area (Å²) >= 11 is -1.62. The minimum absolute atomic E-state index is 0.00929. The number of aromatic nitrogens is 1. The monoisotopic (exact) mass is 377 g/mol. The number of nitriles is 1. The van der Waals surface area contributed by atoms with E-state index in [1.165, 1.54) is 10.2 Å². The molecule has 3 rings (SSSR count). The van der Waals surface area contributed by atoms with Gasteiger partial charge in [-0.25, -0.2) is 0 Å². The molecule has 0 aliphatic heterocycles. The summed E-state index contributed by atoms with van der Waals surface area (Å²) in [5.41, 5.74) is 1.96. The van der Waals surface area contributed by atoms with Gasteiger partial charge in [0.25, 0.3) is 0 Å². The number of ketones is 1. The molecule has 0 fully saturated rings. The lowest BCUT2D eigenvalue weighted by molar-refractivity contribution is 0.103. The second-order valence-electron chi connectivity index (χ2n) is 6.39. The first-order valence-electron chi connectivity index (χ1n) is 8.35. The summed E-state index contributed by atoms with van der Waals surface area (Å²) in [5.74, 6) is -0.456. The normalized spacial score (nSPS) is 12.6. The van der Waals surface area contributed by atoms with E-state index in [0.29, 0.717) is 10.4 Å². The number of allylic oxidation sites excluding steroid dienone is 1. The molecule has 1 atom stereocenters. The van der Waals surface area contributed by atoms with Gasteiger partial charge in [0.2, 0.25) is 5.78 Å². The Kier molecular flexibility index (Phi) is 5.36. The number of carbonyl (C=O) groups excluding carboxylic acids is 1. The van der Waals surface area contributed by atoms with Crippen LogP contribution in [-0.2, 0) is 11.4 Å². The third-order valence-corrected chi connectivity index (χ3v) is 5.44. The van der Waals surface area contributed by atoms with Crippen LogP contribution in [0.5, 0.6) is 0 Å². The maximum Gasteiger partial charge on any atom is 0.225 e. The van der Waals surface area contributed by atoms with Crippen molar-refractivity contribution in [3.05, 3.63) is 77.6 Å². The van der Waals surface area contributed by atoms with Gasteiger partial charge in [-0.1, -0.05) is 35.9 Å². The van der Waals surface area contributed by atoms with Gasteiger partial charge in [-0.05, 0) is 31.2 Å². The predicted octanol–water partition coefficient (Wildman–Crippen LogP) is 3.67. The van der Waals surface area contributed by atoms with Crippen molar-refractivity contribution in [1.29, 1.82) is 5.26 Å². The van der Waals surface area contributed by atoms with Crippen molar-refractivity contribution in [1.82, 2.24) is 8.87 Å². The van der Waals surface area contributed by atoms with Crippen molar-refractivity contribution < 1.29 is 9.35 Å². The molecule has 1 aromatic heterocycles. The number of hydrogen-bond acceptors (Lipinski definition) is 4. The highest BCUT2D eigenvalue weighted by Gasteiger charge is 2.27. The molecule has 3 aromatic rings. The number of para-hydroxylation sites is 1. The van der Waals surface area contributed by atoms with Crippen LogP contribution in [0.3, 0.4) is 0 Å². The minimum Gasteiger partial charge on any atom is -0.587 e. The van der Waals surface area contributed by atoms with Gasteiger partial charge in [0.15, 0.2) is 4.90 Å². The zero-order valence-corrected chi connectivity index (χ0v) is 16.2. The summed E-state index contributed by atoms with van der Waals surface area (Å²) < 4.78 is 14.8. The van der Waals surface area contributed by atoms with E-state index in [1.54, 1.807) is 37.2 Å². The number of carbonyl (C=O) groups is 1. The number of hydrogen-bond donors (Lipinski definition) is 0. The van der Waals surface area contributed by atoms with Crippen molar-refractivity contribution >= 4 is 28.0 Å². The van der Waals surface area contributed by atoms with Crippen LogP contribution in [0.2, 0.25) is 0 Å². The summed E-state index contributed by atoms with van der Waals surface area (Å²) in [6.07, 6.45) is 1.47. The molecule has 0 bridgehead atoms. The Bertz CT molecular complexity index is 1060. The summed E-state index contributed by atoms with van der Waals surface area (Å²) in [5, 5.41) is 10.2. The lowest BCUT2D eigenvalue weighted by atomic mass is 10.1. The number of fused-ring (bicyclic) bond motifs is 1. The molecule has 0 aliphatic rings. The molecule has 27 heavy (non-hydrogen) atoms. The topological polar surface area (TPSA) is 72.1 Å². The van der Waals surface area contributed by atoms with Crippen molar-refractivity contribution in [2.75, 3.05) is 14.1 Å². The van der Waals surface area contributed by atoms with Crippen molar-refractivity contribution in [3.63, 3.8) is 0 Å². The molecule has 0 radical (unpaired) electrons. The Labute approximate surface area is 161 Å². The van der Waals surface area contributed by atoms with Crippen LogP contribution in [0.4, 0.5) is 0 Å². The van der Waals surface area contributed by atoms with Gasteiger partial charge in [-0.15, -0.1) is 0 Å².